The van der Waals surface area contributed by atoms with Gasteiger partial charge in [-0.3, -0.25) is 14.5 Å². The van der Waals surface area contributed by atoms with Crippen LogP contribution in [0.3, 0.4) is 0 Å². The average Bonchev–Trinajstić information content (AvgIpc) is 3.42. The first-order valence-corrected chi connectivity index (χ1v) is 11.9. The molecular weight excluding hydrogens is 400 g/mol. The second-order valence-electron chi connectivity index (χ2n) is 9.76. The van der Waals surface area contributed by atoms with Crippen molar-refractivity contribution in [3.05, 3.63) is 59.7 Å². The lowest BCUT2D eigenvalue weighted by Crippen LogP contribution is -2.45. The van der Waals surface area contributed by atoms with E-state index in [1.165, 1.54) is 18.4 Å². The Labute approximate surface area is 190 Å². The quantitative estimate of drug-likeness (QED) is 0.676. The van der Waals surface area contributed by atoms with E-state index < -0.39 is 5.41 Å². The Morgan fingerprint density at radius 1 is 1.00 bits per heavy atom. The van der Waals surface area contributed by atoms with Crippen LogP contribution in [0, 0.1) is 12.3 Å². The SMILES string of the molecule is Cc1cccc(-c2cccc(C(=O)N3CCC4(CC3)CC(CN3CCCC3)OC4=O)c2)c1. The van der Waals surface area contributed by atoms with Gasteiger partial charge in [0, 0.05) is 31.6 Å². The number of nitrogens with zero attached hydrogens (tertiary/aromatic N) is 2. The summed E-state index contributed by atoms with van der Waals surface area (Å²) in [4.78, 5) is 30.3. The Hall–Kier alpha value is -2.66. The van der Waals surface area contributed by atoms with Gasteiger partial charge in [-0.2, -0.15) is 0 Å². The fraction of sp³-hybridized carbons (Fsp3) is 0.481. The molecule has 1 spiro atoms. The number of aryl methyl sites for hydroxylation is 1. The van der Waals surface area contributed by atoms with Crippen LogP contribution in [0.4, 0.5) is 0 Å². The van der Waals surface area contributed by atoms with E-state index in [9.17, 15) is 9.59 Å². The Morgan fingerprint density at radius 2 is 1.69 bits per heavy atom. The van der Waals surface area contributed by atoms with E-state index >= 15 is 0 Å². The number of likely N-dealkylation sites (tertiary alicyclic amines) is 2. The Balaban J connectivity index is 1.23. The highest BCUT2D eigenvalue weighted by Gasteiger charge is 2.51. The van der Waals surface area contributed by atoms with Crippen molar-refractivity contribution >= 4 is 11.9 Å². The molecule has 0 radical (unpaired) electrons. The van der Waals surface area contributed by atoms with Gasteiger partial charge in [-0.05, 0) is 69.0 Å². The van der Waals surface area contributed by atoms with E-state index in [2.05, 4.69) is 30.0 Å². The summed E-state index contributed by atoms with van der Waals surface area (Å²) in [6.07, 6.45) is 4.70. The molecule has 2 aromatic rings. The molecule has 0 aliphatic carbocycles. The monoisotopic (exact) mass is 432 g/mol. The Morgan fingerprint density at radius 3 is 2.41 bits per heavy atom. The number of ether oxygens (including phenoxy) is 1. The number of hydrogen-bond acceptors (Lipinski definition) is 4. The molecule has 5 nitrogen and oxygen atoms in total. The number of hydrogen-bond donors (Lipinski definition) is 0. The van der Waals surface area contributed by atoms with Gasteiger partial charge in [0.1, 0.15) is 6.10 Å². The van der Waals surface area contributed by atoms with Gasteiger partial charge in [0.25, 0.3) is 5.91 Å². The standard InChI is InChI=1S/C27H32N2O3/c1-20-6-4-7-21(16-20)22-8-5-9-23(17-22)25(30)29-14-10-27(11-15-29)18-24(32-26(27)31)19-28-12-2-3-13-28/h4-9,16-17,24H,2-3,10-15,18-19H2,1H3. The molecule has 1 amide bonds. The minimum absolute atomic E-state index is 0.00821. The number of esters is 1. The van der Waals surface area contributed by atoms with Crippen LogP contribution in [0.15, 0.2) is 48.5 Å². The lowest BCUT2D eigenvalue weighted by Gasteiger charge is -2.36. The summed E-state index contributed by atoms with van der Waals surface area (Å²) in [7, 11) is 0. The Bertz CT molecular complexity index is 1000. The molecule has 32 heavy (non-hydrogen) atoms. The van der Waals surface area contributed by atoms with Gasteiger partial charge in [0.2, 0.25) is 0 Å². The maximum absolute atomic E-state index is 13.2. The molecule has 3 aliphatic heterocycles. The summed E-state index contributed by atoms with van der Waals surface area (Å²) in [5.74, 6) is 0.00424. The number of amides is 1. The molecule has 0 saturated carbocycles. The van der Waals surface area contributed by atoms with Gasteiger partial charge in [-0.1, -0.05) is 42.0 Å². The molecule has 1 atom stereocenters. The third-order valence-electron chi connectivity index (χ3n) is 7.45. The van der Waals surface area contributed by atoms with Crippen molar-refractivity contribution in [1.29, 1.82) is 0 Å². The van der Waals surface area contributed by atoms with Gasteiger partial charge in [-0.25, -0.2) is 0 Å². The lowest BCUT2D eigenvalue weighted by molar-refractivity contribution is -0.150. The predicted octanol–water partition coefficient (Wildman–Crippen LogP) is 4.30. The highest BCUT2D eigenvalue weighted by molar-refractivity contribution is 5.95. The molecule has 0 bridgehead atoms. The number of carbonyl (C=O) groups excluding carboxylic acids is 2. The van der Waals surface area contributed by atoms with Crippen LogP contribution in [0.5, 0.6) is 0 Å². The number of benzene rings is 2. The zero-order valence-corrected chi connectivity index (χ0v) is 18.9. The van der Waals surface area contributed by atoms with Crippen LogP contribution in [0.2, 0.25) is 0 Å². The van der Waals surface area contributed by atoms with Crippen molar-refractivity contribution in [2.75, 3.05) is 32.7 Å². The van der Waals surface area contributed by atoms with E-state index in [4.69, 9.17) is 4.74 Å². The summed E-state index contributed by atoms with van der Waals surface area (Å²) >= 11 is 0. The molecule has 0 N–H and O–H groups in total. The van der Waals surface area contributed by atoms with Crippen molar-refractivity contribution in [2.45, 2.75) is 45.1 Å². The number of carbonyl (C=O) groups is 2. The highest BCUT2D eigenvalue weighted by Crippen LogP contribution is 2.43. The van der Waals surface area contributed by atoms with Crippen LogP contribution in [-0.4, -0.2) is 60.5 Å². The van der Waals surface area contributed by atoms with Crippen molar-refractivity contribution in [2.24, 2.45) is 5.41 Å². The molecular formula is C27H32N2O3. The average molecular weight is 433 g/mol. The van der Waals surface area contributed by atoms with Crippen molar-refractivity contribution in [3.8, 4) is 11.1 Å². The van der Waals surface area contributed by atoms with Crippen LogP contribution in [0.25, 0.3) is 11.1 Å². The molecule has 5 rings (SSSR count). The maximum atomic E-state index is 13.2. The number of rotatable bonds is 4. The maximum Gasteiger partial charge on any atom is 0.312 e. The van der Waals surface area contributed by atoms with Crippen molar-refractivity contribution in [3.63, 3.8) is 0 Å². The summed E-state index contributed by atoms with van der Waals surface area (Å²) in [5.41, 5.74) is 3.69. The molecule has 5 heteroatoms. The second-order valence-corrected chi connectivity index (χ2v) is 9.76. The topological polar surface area (TPSA) is 49.9 Å². The van der Waals surface area contributed by atoms with E-state index in [-0.39, 0.29) is 18.0 Å². The first-order chi connectivity index (χ1) is 15.5. The van der Waals surface area contributed by atoms with Crippen molar-refractivity contribution < 1.29 is 14.3 Å². The van der Waals surface area contributed by atoms with Gasteiger partial charge in [0.05, 0.1) is 5.41 Å². The van der Waals surface area contributed by atoms with Gasteiger partial charge in [-0.15, -0.1) is 0 Å². The fourth-order valence-electron chi connectivity index (χ4n) is 5.58. The first kappa shape index (κ1) is 21.2. The highest BCUT2D eigenvalue weighted by atomic mass is 16.6. The van der Waals surface area contributed by atoms with Crippen LogP contribution in [0.1, 0.15) is 48.0 Å². The largest absolute Gasteiger partial charge is 0.461 e. The molecule has 0 aromatic heterocycles. The summed E-state index contributed by atoms with van der Waals surface area (Å²) in [6, 6.07) is 16.2. The summed E-state index contributed by atoms with van der Waals surface area (Å²) in [5, 5.41) is 0. The second kappa shape index (κ2) is 8.70. The Kier molecular flexibility index (Phi) is 5.76. The predicted molar refractivity (Wildman–Crippen MR) is 124 cm³/mol. The molecule has 3 aliphatic rings. The van der Waals surface area contributed by atoms with Gasteiger partial charge in [0.15, 0.2) is 0 Å². The van der Waals surface area contributed by atoms with E-state index in [0.29, 0.717) is 31.5 Å². The van der Waals surface area contributed by atoms with E-state index in [1.54, 1.807) is 0 Å². The summed E-state index contributed by atoms with van der Waals surface area (Å²) < 4.78 is 5.79. The smallest absolute Gasteiger partial charge is 0.312 e. The normalized spacial score (nSPS) is 23.0. The van der Waals surface area contributed by atoms with Gasteiger partial charge < -0.3 is 9.64 Å². The van der Waals surface area contributed by atoms with Crippen LogP contribution < -0.4 is 0 Å². The number of cyclic esters (lactones) is 1. The zero-order valence-electron chi connectivity index (χ0n) is 18.9. The summed E-state index contributed by atoms with van der Waals surface area (Å²) in [6.45, 7) is 6.39. The van der Waals surface area contributed by atoms with Gasteiger partial charge >= 0.3 is 5.97 Å². The molecule has 3 saturated heterocycles. The minimum atomic E-state index is -0.398. The molecule has 2 aromatic carbocycles. The fourth-order valence-corrected chi connectivity index (χ4v) is 5.58. The van der Waals surface area contributed by atoms with E-state index in [0.717, 1.165) is 37.2 Å². The third-order valence-corrected chi connectivity index (χ3v) is 7.45. The van der Waals surface area contributed by atoms with Crippen molar-refractivity contribution in [1.82, 2.24) is 9.80 Å². The first-order valence-electron chi connectivity index (χ1n) is 11.9. The molecule has 3 heterocycles. The zero-order chi connectivity index (χ0) is 22.1. The molecule has 168 valence electrons. The van der Waals surface area contributed by atoms with E-state index in [1.807, 2.05) is 35.2 Å². The van der Waals surface area contributed by atoms with Crippen LogP contribution in [-0.2, 0) is 9.53 Å². The lowest BCUT2D eigenvalue weighted by atomic mass is 9.76. The number of piperidine rings is 1. The molecule has 1 unspecified atom stereocenters. The third kappa shape index (κ3) is 4.18. The van der Waals surface area contributed by atoms with Crippen LogP contribution >= 0.6 is 0 Å². The minimum Gasteiger partial charge on any atom is -0.461 e. The molecule has 3 fully saturated rings.